The SMILES string of the molecule is CCOC(=O)C(N)Cc1ccccc1C(=O)C(N)CC(=O)O. The molecule has 0 aliphatic carbocycles. The molecule has 0 aliphatic heterocycles. The molecule has 2 atom stereocenters. The van der Waals surface area contributed by atoms with E-state index in [4.69, 9.17) is 21.3 Å². The van der Waals surface area contributed by atoms with Crippen LogP contribution < -0.4 is 11.5 Å². The predicted molar refractivity (Wildman–Crippen MR) is 79.3 cm³/mol. The number of ketones is 1. The highest BCUT2D eigenvalue weighted by atomic mass is 16.5. The summed E-state index contributed by atoms with van der Waals surface area (Å²) < 4.78 is 4.83. The lowest BCUT2D eigenvalue weighted by Gasteiger charge is -2.15. The molecule has 1 aromatic rings. The van der Waals surface area contributed by atoms with Gasteiger partial charge in [-0.3, -0.25) is 14.4 Å². The Hall–Kier alpha value is -2.25. The zero-order valence-electron chi connectivity index (χ0n) is 12.3. The van der Waals surface area contributed by atoms with Crippen molar-refractivity contribution in [3.8, 4) is 0 Å². The van der Waals surface area contributed by atoms with Gasteiger partial charge < -0.3 is 21.3 Å². The number of rotatable bonds is 8. The number of benzene rings is 1. The molecule has 0 aromatic heterocycles. The second-order valence-electron chi connectivity index (χ2n) is 4.79. The Labute approximate surface area is 128 Å². The van der Waals surface area contributed by atoms with Crippen LogP contribution in [0.3, 0.4) is 0 Å². The van der Waals surface area contributed by atoms with Crippen molar-refractivity contribution in [2.24, 2.45) is 11.5 Å². The number of hydrogen-bond acceptors (Lipinski definition) is 6. The molecule has 0 bridgehead atoms. The van der Waals surface area contributed by atoms with Crippen molar-refractivity contribution < 1.29 is 24.2 Å². The van der Waals surface area contributed by atoms with Crippen molar-refractivity contribution in [1.29, 1.82) is 0 Å². The Morgan fingerprint density at radius 2 is 1.82 bits per heavy atom. The molecule has 22 heavy (non-hydrogen) atoms. The third-order valence-corrected chi connectivity index (χ3v) is 3.04. The number of aliphatic carboxylic acids is 1. The summed E-state index contributed by atoms with van der Waals surface area (Å²) >= 11 is 0. The third-order valence-electron chi connectivity index (χ3n) is 3.04. The van der Waals surface area contributed by atoms with Crippen LogP contribution in [-0.4, -0.2) is 41.5 Å². The molecule has 0 saturated heterocycles. The van der Waals surface area contributed by atoms with Crippen LogP contribution >= 0.6 is 0 Å². The number of carboxylic acid groups (broad SMARTS) is 1. The van der Waals surface area contributed by atoms with Crippen LogP contribution in [0, 0.1) is 0 Å². The molecule has 0 fully saturated rings. The van der Waals surface area contributed by atoms with E-state index in [1.165, 1.54) is 6.07 Å². The number of carbonyl (C=O) groups is 3. The maximum Gasteiger partial charge on any atom is 0.323 e. The van der Waals surface area contributed by atoms with Gasteiger partial charge in [-0.25, -0.2) is 0 Å². The van der Waals surface area contributed by atoms with E-state index < -0.39 is 36.2 Å². The first kappa shape index (κ1) is 17.8. The number of hydrogen-bond donors (Lipinski definition) is 3. The van der Waals surface area contributed by atoms with Crippen LogP contribution in [0.25, 0.3) is 0 Å². The summed E-state index contributed by atoms with van der Waals surface area (Å²) in [6.45, 7) is 1.89. The van der Waals surface area contributed by atoms with Gasteiger partial charge in [-0.15, -0.1) is 0 Å². The number of esters is 1. The lowest BCUT2D eigenvalue weighted by molar-refractivity contribution is -0.144. The summed E-state index contributed by atoms with van der Waals surface area (Å²) in [7, 11) is 0. The van der Waals surface area contributed by atoms with Crippen molar-refractivity contribution in [3.05, 3.63) is 35.4 Å². The largest absolute Gasteiger partial charge is 0.481 e. The summed E-state index contributed by atoms with van der Waals surface area (Å²) in [5.74, 6) is -2.20. The molecule has 0 aliphatic rings. The summed E-state index contributed by atoms with van der Waals surface area (Å²) in [4.78, 5) is 34.5. The number of ether oxygens (including phenoxy) is 1. The summed E-state index contributed by atoms with van der Waals surface area (Å²) in [6, 6.07) is 4.49. The molecule has 0 heterocycles. The highest BCUT2D eigenvalue weighted by Crippen LogP contribution is 2.14. The van der Waals surface area contributed by atoms with E-state index >= 15 is 0 Å². The van der Waals surface area contributed by atoms with E-state index in [9.17, 15) is 14.4 Å². The van der Waals surface area contributed by atoms with Crippen molar-refractivity contribution >= 4 is 17.7 Å². The van der Waals surface area contributed by atoms with Gasteiger partial charge in [-0.1, -0.05) is 24.3 Å². The normalized spacial score (nSPS) is 13.2. The highest BCUT2D eigenvalue weighted by molar-refractivity contribution is 6.02. The van der Waals surface area contributed by atoms with Crippen LogP contribution in [-0.2, 0) is 20.7 Å². The standard InChI is InChI=1S/C15H20N2O5/c1-2-22-15(21)12(17)7-9-5-3-4-6-10(9)14(20)11(16)8-13(18)19/h3-6,11-12H,2,7-8,16-17H2,1H3,(H,18,19). The van der Waals surface area contributed by atoms with Gasteiger partial charge in [0.15, 0.2) is 5.78 Å². The fraction of sp³-hybridized carbons (Fsp3) is 0.400. The van der Waals surface area contributed by atoms with E-state index in [-0.39, 0.29) is 18.6 Å². The average Bonchev–Trinajstić information content (AvgIpc) is 2.46. The number of nitrogens with two attached hydrogens (primary N) is 2. The van der Waals surface area contributed by atoms with Gasteiger partial charge in [0.05, 0.1) is 19.1 Å². The van der Waals surface area contributed by atoms with Gasteiger partial charge in [-0.2, -0.15) is 0 Å². The van der Waals surface area contributed by atoms with E-state index in [1.807, 2.05) is 0 Å². The van der Waals surface area contributed by atoms with Crippen LogP contribution in [0.5, 0.6) is 0 Å². The van der Waals surface area contributed by atoms with Gasteiger partial charge in [0.1, 0.15) is 6.04 Å². The van der Waals surface area contributed by atoms with Crippen LogP contribution in [0.4, 0.5) is 0 Å². The minimum Gasteiger partial charge on any atom is -0.481 e. The molecular weight excluding hydrogens is 288 g/mol. The quantitative estimate of drug-likeness (QED) is 0.458. The van der Waals surface area contributed by atoms with Gasteiger partial charge in [0.25, 0.3) is 0 Å². The Kier molecular flexibility index (Phi) is 6.68. The van der Waals surface area contributed by atoms with E-state index in [0.29, 0.717) is 5.56 Å². The lowest BCUT2D eigenvalue weighted by atomic mass is 9.94. The number of carbonyl (C=O) groups excluding carboxylic acids is 2. The number of Topliss-reactive ketones (excluding diaryl/α,β-unsaturated/α-hetero) is 1. The van der Waals surface area contributed by atoms with Gasteiger partial charge >= 0.3 is 11.9 Å². The molecule has 7 heteroatoms. The zero-order chi connectivity index (χ0) is 16.7. The van der Waals surface area contributed by atoms with Crippen LogP contribution in [0.1, 0.15) is 29.3 Å². The molecule has 1 aromatic carbocycles. The van der Waals surface area contributed by atoms with E-state index in [0.717, 1.165) is 0 Å². The molecule has 0 radical (unpaired) electrons. The average molecular weight is 308 g/mol. The summed E-state index contributed by atoms with van der Waals surface area (Å²) in [6.07, 6.45) is -0.350. The van der Waals surface area contributed by atoms with Crippen molar-refractivity contribution in [2.45, 2.75) is 31.8 Å². The van der Waals surface area contributed by atoms with E-state index in [2.05, 4.69) is 0 Å². The lowest BCUT2D eigenvalue weighted by Crippen LogP contribution is -2.36. The Balaban J connectivity index is 2.92. The second-order valence-corrected chi connectivity index (χ2v) is 4.79. The fourth-order valence-corrected chi connectivity index (χ4v) is 1.99. The first-order valence-corrected chi connectivity index (χ1v) is 6.88. The summed E-state index contributed by atoms with van der Waals surface area (Å²) in [5, 5.41) is 8.71. The smallest absolute Gasteiger partial charge is 0.323 e. The van der Waals surface area contributed by atoms with E-state index in [1.54, 1.807) is 25.1 Å². The second kappa shape index (κ2) is 8.26. The maximum absolute atomic E-state index is 12.2. The molecule has 7 nitrogen and oxygen atoms in total. The molecule has 0 spiro atoms. The fourth-order valence-electron chi connectivity index (χ4n) is 1.99. The summed E-state index contributed by atoms with van der Waals surface area (Å²) in [5.41, 5.74) is 12.2. The Bertz CT molecular complexity index is 559. The molecule has 2 unspecified atom stereocenters. The number of carboxylic acids is 1. The zero-order valence-corrected chi connectivity index (χ0v) is 12.3. The molecule has 0 saturated carbocycles. The Morgan fingerprint density at radius 1 is 1.18 bits per heavy atom. The molecule has 5 N–H and O–H groups in total. The van der Waals surface area contributed by atoms with Gasteiger partial charge in [0.2, 0.25) is 0 Å². The van der Waals surface area contributed by atoms with Crippen molar-refractivity contribution in [2.75, 3.05) is 6.61 Å². The van der Waals surface area contributed by atoms with Crippen LogP contribution in [0.2, 0.25) is 0 Å². The molecular formula is C15H20N2O5. The minimum absolute atomic E-state index is 0.112. The molecule has 120 valence electrons. The first-order chi connectivity index (χ1) is 10.4. The predicted octanol–water partition coefficient (Wildman–Crippen LogP) is 0.104. The Morgan fingerprint density at radius 3 is 2.41 bits per heavy atom. The van der Waals surface area contributed by atoms with Gasteiger partial charge in [0, 0.05) is 5.56 Å². The minimum atomic E-state index is -1.15. The monoisotopic (exact) mass is 308 g/mol. The third kappa shape index (κ3) is 4.94. The topological polar surface area (TPSA) is 133 Å². The molecule has 0 amide bonds. The first-order valence-electron chi connectivity index (χ1n) is 6.88. The van der Waals surface area contributed by atoms with Crippen molar-refractivity contribution in [3.63, 3.8) is 0 Å². The molecule has 1 rings (SSSR count). The maximum atomic E-state index is 12.2. The van der Waals surface area contributed by atoms with Crippen LogP contribution in [0.15, 0.2) is 24.3 Å². The van der Waals surface area contributed by atoms with Crippen molar-refractivity contribution in [1.82, 2.24) is 0 Å². The van der Waals surface area contributed by atoms with Gasteiger partial charge in [-0.05, 0) is 18.9 Å². The highest BCUT2D eigenvalue weighted by Gasteiger charge is 2.23.